The van der Waals surface area contributed by atoms with Crippen molar-refractivity contribution in [1.82, 2.24) is 10.2 Å². The molecule has 0 aliphatic carbocycles. The third-order valence-electron chi connectivity index (χ3n) is 3.80. The molecule has 4 nitrogen and oxygen atoms in total. The van der Waals surface area contributed by atoms with E-state index in [-0.39, 0.29) is 5.41 Å². The first-order valence-electron chi connectivity index (χ1n) is 8.31. The number of thiocarbonyl (C=S) groups is 1. The quantitative estimate of drug-likeness (QED) is 0.808. The highest BCUT2D eigenvalue weighted by molar-refractivity contribution is 8.14. The number of amidine groups is 1. The van der Waals surface area contributed by atoms with Gasteiger partial charge < -0.3 is 10.1 Å². The highest BCUT2D eigenvalue weighted by atomic mass is 32.2. The van der Waals surface area contributed by atoms with E-state index in [0.717, 1.165) is 47.8 Å². The fraction of sp³-hybridized carbons (Fsp3) is 0.556. The summed E-state index contributed by atoms with van der Waals surface area (Å²) in [7, 11) is 1.71. The Morgan fingerprint density at radius 1 is 1.42 bits per heavy atom. The topological polar surface area (TPSA) is 36.9 Å². The maximum absolute atomic E-state index is 5.54. The zero-order valence-electron chi connectivity index (χ0n) is 15.0. The maximum Gasteiger partial charge on any atom is 0.175 e. The highest BCUT2D eigenvalue weighted by Gasteiger charge is 2.32. The SMILES string of the molecule is CCNC(=S)N1CC(C)(C)CS/C1=N\CCc1ccccc1OC. The van der Waals surface area contributed by atoms with E-state index in [2.05, 4.69) is 37.1 Å². The molecular formula is C18H27N3OS2. The first kappa shape index (κ1) is 19.1. The number of ether oxygens (including phenoxy) is 1. The van der Waals surface area contributed by atoms with Gasteiger partial charge in [-0.2, -0.15) is 0 Å². The number of thioether (sulfide) groups is 1. The van der Waals surface area contributed by atoms with Gasteiger partial charge in [0.15, 0.2) is 10.3 Å². The molecule has 2 rings (SSSR count). The summed E-state index contributed by atoms with van der Waals surface area (Å²) in [5.74, 6) is 1.99. The molecule has 6 heteroatoms. The van der Waals surface area contributed by atoms with Crippen LogP contribution in [0.4, 0.5) is 0 Å². The van der Waals surface area contributed by atoms with Crippen LogP contribution in [-0.2, 0) is 6.42 Å². The highest BCUT2D eigenvalue weighted by Crippen LogP contribution is 2.31. The van der Waals surface area contributed by atoms with Crippen molar-refractivity contribution in [2.24, 2.45) is 10.4 Å². The molecule has 1 aliphatic rings. The summed E-state index contributed by atoms with van der Waals surface area (Å²) in [5.41, 5.74) is 1.41. The molecule has 0 spiro atoms. The smallest absolute Gasteiger partial charge is 0.175 e. The van der Waals surface area contributed by atoms with E-state index >= 15 is 0 Å². The van der Waals surface area contributed by atoms with Crippen LogP contribution in [0.25, 0.3) is 0 Å². The van der Waals surface area contributed by atoms with Gasteiger partial charge in [0, 0.05) is 25.4 Å². The van der Waals surface area contributed by atoms with Gasteiger partial charge in [0.1, 0.15) is 5.75 Å². The van der Waals surface area contributed by atoms with Crippen LogP contribution in [0.15, 0.2) is 29.3 Å². The lowest BCUT2D eigenvalue weighted by Gasteiger charge is -2.39. The minimum atomic E-state index is 0.228. The van der Waals surface area contributed by atoms with Crippen LogP contribution in [0.5, 0.6) is 5.75 Å². The molecule has 1 N–H and O–H groups in total. The molecule has 1 aromatic rings. The molecule has 1 fully saturated rings. The molecular weight excluding hydrogens is 338 g/mol. The second-order valence-corrected chi connectivity index (χ2v) is 7.93. The van der Waals surface area contributed by atoms with Crippen LogP contribution in [-0.4, -0.2) is 47.7 Å². The number of para-hydroxylation sites is 1. The van der Waals surface area contributed by atoms with Gasteiger partial charge in [-0.15, -0.1) is 0 Å². The molecule has 0 bridgehead atoms. The van der Waals surface area contributed by atoms with Gasteiger partial charge in [-0.1, -0.05) is 43.8 Å². The average Bonchev–Trinajstić information content (AvgIpc) is 2.56. The van der Waals surface area contributed by atoms with Crippen molar-refractivity contribution in [3.63, 3.8) is 0 Å². The average molecular weight is 366 g/mol. The third kappa shape index (κ3) is 5.11. The molecule has 0 aromatic heterocycles. The number of hydrogen-bond acceptors (Lipinski definition) is 4. The standard InChI is InChI=1S/C18H27N3OS2/c1-5-19-16(23)21-12-18(2,3)13-24-17(21)20-11-10-14-8-6-7-9-15(14)22-4/h6-9H,5,10-13H2,1-4H3,(H,19,23)/b20-17-. The van der Waals surface area contributed by atoms with Crippen molar-refractivity contribution < 1.29 is 4.74 Å². The normalized spacial score (nSPS) is 18.5. The Morgan fingerprint density at radius 2 is 2.17 bits per heavy atom. The number of aliphatic imine (C=N–C) groups is 1. The van der Waals surface area contributed by atoms with Crippen molar-refractivity contribution in [1.29, 1.82) is 0 Å². The van der Waals surface area contributed by atoms with Gasteiger partial charge in [-0.25, -0.2) is 0 Å². The molecule has 0 saturated carbocycles. The molecule has 132 valence electrons. The summed E-state index contributed by atoms with van der Waals surface area (Å²) in [6.07, 6.45) is 0.860. The second-order valence-electron chi connectivity index (χ2n) is 6.60. The molecule has 1 aliphatic heterocycles. The summed E-state index contributed by atoms with van der Waals surface area (Å²) in [5, 5.41) is 5.05. The molecule has 1 saturated heterocycles. The van der Waals surface area contributed by atoms with Crippen molar-refractivity contribution >= 4 is 34.3 Å². The van der Waals surface area contributed by atoms with E-state index in [9.17, 15) is 0 Å². The predicted molar refractivity (Wildman–Crippen MR) is 108 cm³/mol. The first-order valence-corrected chi connectivity index (χ1v) is 9.71. The largest absolute Gasteiger partial charge is 0.496 e. The zero-order chi connectivity index (χ0) is 17.6. The molecule has 0 radical (unpaired) electrons. The Bertz CT molecular complexity index is 602. The zero-order valence-corrected chi connectivity index (χ0v) is 16.6. The van der Waals surface area contributed by atoms with E-state index in [1.807, 2.05) is 18.2 Å². The molecule has 0 atom stereocenters. The van der Waals surface area contributed by atoms with E-state index in [1.165, 1.54) is 5.56 Å². The van der Waals surface area contributed by atoms with Crippen molar-refractivity contribution in [2.45, 2.75) is 27.2 Å². The number of nitrogens with zero attached hydrogens (tertiary/aromatic N) is 2. The molecule has 1 aromatic carbocycles. The van der Waals surface area contributed by atoms with Gasteiger partial charge in [-0.05, 0) is 42.6 Å². The Labute approximate surface area is 155 Å². The summed E-state index contributed by atoms with van der Waals surface area (Å²) >= 11 is 7.33. The van der Waals surface area contributed by atoms with Crippen LogP contribution >= 0.6 is 24.0 Å². The van der Waals surface area contributed by atoms with Crippen LogP contribution in [0.2, 0.25) is 0 Å². The summed E-state index contributed by atoms with van der Waals surface area (Å²) in [6.45, 7) is 9.07. The number of methoxy groups -OCH3 is 1. The fourth-order valence-electron chi connectivity index (χ4n) is 2.60. The summed E-state index contributed by atoms with van der Waals surface area (Å²) in [6, 6.07) is 8.11. The molecule has 0 unspecified atom stereocenters. The van der Waals surface area contributed by atoms with Gasteiger partial charge in [-0.3, -0.25) is 9.89 Å². The third-order valence-corrected chi connectivity index (χ3v) is 5.70. The summed E-state index contributed by atoms with van der Waals surface area (Å²) in [4.78, 5) is 6.97. The van der Waals surface area contributed by atoms with Crippen LogP contribution in [0, 0.1) is 5.41 Å². The van der Waals surface area contributed by atoms with Gasteiger partial charge in [0.05, 0.1) is 7.11 Å². The lowest BCUT2D eigenvalue weighted by molar-refractivity contribution is 0.341. The first-order chi connectivity index (χ1) is 11.5. The Hall–Kier alpha value is -1.27. The number of benzene rings is 1. The molecule has 24 heavy (non-hydrogen) atoms. The fourth-order valence-corrected chi connectivity index (χ4v) is 4.06. The van der Waals surface area contributed by atoms with Gasteiger partial charge in [0.2, 0.25) is 0 Å². The maximum atomic E-state index is 5.54. The minimum absolute atomic E-state index is 0.228. The minimum Gasteiger partial charge on any atom is -0.496 e. The second kappa shape index (κ2) is 8.72. The molecule has 0 amide bonds. The molecule has 1 heterocycles. The lowest BCUT2D eigenvalue weighted by atomic mass is 9.96. The van der Waals surface area contributed by atoms with Crippen molar-refractivity contribution in [3.05, 3.63) is 29.8 Å². The monoisotopic (exact) mass is 365 g/mol. The van der Waals surface area contributed by atoms with Crippen molar-refractivity contribution in [2.75, 3.05) is 32.5 Å². The summed E-state index contributed by atoms with van der Waals surface area (Å²) < 4.78 is 5.41. The van der Waals surface area contributed by atoms with Gasteiger partial charge >= 0.3 is 0 Å². The Kier molecular flexibility index (Phi) is 6.92. The van der Waals surface area contributed by atoms with E-state index in [4.69, 9.17) is 21.9 Å². The van der Waals surface area contributed by atoms with E-state index < -0.39 is 0 Å². The van der Waals surface area contributed by atoms with Crippen LogP contribution in [0.3, 0.4) is 0 Å². The van der Waals surface area contributed by atoms with Crippen LogP contribution in [0.1, 0.15) is 26.3 Å². The lowest BCUT2D eigenvalue weighted by Crippen LogP contribution is -2.50. The van der Waals surface area contributed by atoms with E-state index in [0.29, 0.717) is 0 Å². The number of rotatable bonds is 5. The van der Waals surface area contributed by atoms with Gasteiger partial charge in [0.25, 0.3) is 0 Å². The predicted octanol–water partition coefficient (Wildman–Crippen LogP) is 3.56. The van der Waals surface area contributed by atoms with Crippen molar-refractivity contribution in [3.8, 4) is 5.75 Å². The van der Waals surface area contributed by atoms with E-state index in [1.54, 1.807) is 18.9 Å². The Morgan fingerprint density at radius 3 is 2.88 bits per heavy atom. The number of nitrogens with one attached hydrogen (secondary N) is 1. The van der Waals surface area contributed by atoms with Crippen LogP contribution < -0.4 is 10.1 Å². The number of hydrogen-bond donors (Lipinski definition) is 1. The Balaban J connectivity index is 2.06.